The average Bonchev–Trinajstić information content (AvgIpc) is 3.32. The molecule has 4 N–H and O–H groups in total. The lowest BCUT2D eigenvalue weighted by molar-refractivity contribution is -0.121. The number of aromatic nitrogens is 2. The number of nitrogens with one attached hydrogen (secondary N) is 4. The number of benzodiazepines with no additional fused rings is 1. The second-order valence-corrected chi connectivity index (χ2v) is 8.49. The Morgan fingerprint density at radius 3 is 2.69 bits per heavy atom. The number of carbonyl (C=O) groups is 1. The number of benzene rings is 2. The highest BCUT2D eigenvalue weighted by Gasteiger charge is 2.32. The Morgan fingerprint density at radius 2 is 2.03 bits per heavy atom. The van der Waals surface area contributed by atoms with Gasteiger partial charge in [-0.25, -0.2) is 4.98 Å². The van der Waals surface area contributed by atoms with E-state index in [4.69, 9.17) is 32.1 Å². The van der Waals surface area contributed by atoms with Gasteiger partial charge in [-0.3, -0.25) is 25.5 Å². The smallest absolute Gasteiger partial charge is 0.222 e. The number of aromatic amines is 1. The van der Waals surface area contributed by atoms with Crippen LogP contribution in [-0.2, 0) is 11.2 Å². The number of rotatable bonds is 7. The first-order valence-corrected chi connectivity index (χ1v) is 11.5. The Balaban J connectivity index is 1.70. The highest BCUT2D eigenvalue weighted by Crippen LogP contribution is 2.33. The van der Waals surface area contributed by atoms with E-state index in [1.54, 1.807) is 50.8 Å². The van der Waals surface area contributed by atoms with Crippen LogP contribution in [0.15, 0.2) is 60.0 Å². The number of anilines is 1. The molecule has 0 saturated heterocycles. The molecule has 1 amide bonds. The molecule has 3 aromatic rings. The minimum atomic E-state index is -0.801. The molecule has 9 nitrogen and oxygen atoms in total. The van der Waals surface area contributed by atoms with E-state index in [1.807, 2.05) is 18.2 Å². The van der Waals surface area contributed by atoms with Crippen molar-refractivity contribution in [2.24, 2.45) is 4.99 Å². The number of ether oxygens (including phenoxy) is 1. The molecule has 0 radical (unpaired) electrons. The van der Waals surface area contributed by atoms with Crippen LogP contribution in [0.2, 0.25) is 5.02 Å². The van der Waals surface area contributed by atoms with E-state index < -0.39 is 6.04 Å². The first-order valence-electron chi connectivity index (χ1n) is 11.1. The molecule has 0 saturated carbocycles. The van der Waals surface area contributed by atoms with Crippen molar-refractivity contribution in [3.63, 3.8) is 0 Å². The van der Waals surface area contributed by atoms with Gasteiger partial charge in [-0.05, 0) is 37.3 Å². The maximum atomic E-state index is 12.8. The molecule has 1 aliphatic heterocycles. The standard InChI is InChI=1S/C25H26ClN7O2/c1-15(27)33-22-8-7-19(35-2)11-20(22)24(16-3-5-17(26)6-4-16)32-21(25(33)28)12-23(34)30-10-9-18-13-29-14-31-18/h3-8,11,13-14,21,27-28H,9-10,12H2,1-2H3,(H,29,31)(H,30,34)/t21-/m0/s1. The van der Waals surface area contributed by atoms with Gasteiger partial charge in [0, 0.05) is 35.3 Å². The molecule has 0 unspecified atom stereocenters. The zero-order valence-electron chi connectivity index (χ0n) is 19.4. The van der Waals surface area contributed by atoms with Crippen molar-refractivity contribution < 1.29 is 9.53 Å². The maximum Gasteiger partial charge on any atom is 0.222 e. The van der Waals surface area contributed by atoms with Gasteiger partial charge in [-0.1, -0.05) is 23.7 Å². The fourth-order valence-electron chi connectivity index (χ4n) is 3.94. The summed E-state index contributed by atoms with van der Waals surface area (Å²) < 4.78 is 5.44. The number of carbonyl (C=O) groups excluding carboxylic acids is 1. The lowest BCUT2D eigenvalue weighted by atomic mass is 9.99. The molecule has 180 valence electrons. The third-order valence-corrected chi connectivity index (χ3v) is 5.88. The molecule has 2 heterocycles. The molecule has 0 spiro atoms. The van der Waals surface area contributed by atoms with Crippen LogP contribution in [0, 0.1) is 10.8 Å². The number of methoxy groups -OCH3 is 1. The minimum Gasteiger partial charge on any atom is -0.497 e. The van der Waals surface area contributed by atoms with Gasteiger partial charge in [0.15, 0.2) is 0 Å². The SMILES string of the molecule is COc1ccc2c(c1)C(c1ccc(Cl)cc1)=N[C@@H](CC(=O)NCCc1c[nH]cn1)C(=N)N2C(C)=N. The molecular weight excluding hydrogens is 466 g/mol. The number of imidazole rings is 1. The van der Waals surface area contributed by atoms with Gasteiger partial charge in [0.2, 0.25) is 5.91 Å². The summed E-state index contributed by atoms with van der Waals surface area (Å²) in [4.78, 5) is 26.3. The Kier molecular flexibility index (Phi) is 7.26. The average molecular weight is 492 g/mol. The van der Waals surface area contributed by atoms with E-state index in [9.17, 15) is 4.79 Å². The van der Waals surface area contributed by atoms with Gasteiger partial charge in [0.25, 0.3) is 0 Å². The first kappa shape index (κ1) is 24.2. The zero-order chi connectivity index (χ0) is 24.9. The fourth-order valence-corrected chi connectivity index (χ4v) is 4.06. The molecule has 10 heteroatoms. The van der Waals surface area contributed by atoms with Gasteiger partial charge in [0.05, 0.1) is 37.0 Å². The lowest BCUT2D eigenvalue weighted by Crippen LogP contribution is -2.42. The molecule has 1 atom stereocenters. The zero-order valence-corrected chi connectivity index (χ0v) is 20.2. The van der Waals surface area contributed by atoms with Crippen LogP contribution in [-0.4, -0.2) is 53.0 Å². The summed E-state index contributed by atoms with van der Waals surface area (Å²) in [5, 5.41) is 20.8. The third kappa shape index (κ3) is 5.41. The van der Waals surface area contributed by atoms with Gasteiger partial charge in [-0.2, -0.15) is 0 Å². The summed E-state index contributed by atoms with van der Waals surface area (Å²) in [7, 11) is 1.58. The van der Waals surface area contributed by atoms with Crippen LogP contribution in [0.3, 0.4) is 0 Å². The number of hydrogen-bond donors (Lipinski definition) is 4. The minimum absolute atomic E-state index is 0.0363. The summed E-state index contributed by atoms with van der Waals surface area (Å²) >= 11 is 6.11. The number of nitrogens with zero attached hydrogens (tertiary/aromatic N) is 3. The van der Waals surface area contributed by atoms with Crippen molar-refractivity contribution >= 4 is 40.6 Å². The Morgan fingerprint density at radius 1 is 1.26 bits per heavy atom. The van der Waals surface area contributed by atoms with E-state index in [1.165, 1.54) is 4.90 Å². The molecule has 4 rings (SSSR count). The molecule has 2 aromatic carbocycles. The number of aliphatic imine (C=N–C) groups is 1. The predicted octanol–water partition coefficient (Wildman–Crippen LogP) is 3.82. The topological polar surface area (TPSA) is 130 Å². The molecular formula is C25H26ClN7O2. The normalized spacial score (nSPS) is 15.2. The van der Waals surface area contributed by atoms with Gasteiger partial charge < -0.3 is 15.0 Å². The first-order chi connectivity index (χ1) is 16.9. The van der Waals surface area contributed by atoms with Crippen LogP contribution in [0.5, 0.6) is 5.75 Å². The van der Waals surface area contributed by atoms with Crippen LogP contribution in [0.1, 0.15) is 30.2 Å². The largest absolute Gasteiger partial charge is 0.497 e. The summed E-state index contributed by atoms with van der Waals surface area (Å²) in [6.07, 6.45) is 3.93. The quantitative estimate of drug-likeness (QED) is 0.295. The number of amides is 1. The summed E-state index contributed by atoms with van der Waals surface area (Å²) in [5.41, 5.74) is 3.55. The summed E-state index contributed by atoms with van der Waals surface area (Å²) in [5.74, 6) is 0.586. The van der Waals surface area contributed by atoms with Crippen molar-refractivity contribution in [2.45, 2.75) is 25.8 Å². The summed E-state index contributed by atoms with van der Waals surface area (Å²) in [6, 6.07) is 11.9. The van der Waals surface area contributed by atoms with Crippen molar-refractivity contribution in [2.75, 3.05) is 18.6 Å². The van der Waals surface area contributed by atoms with Crippen molar-refractivity contribution in [1.82, 2.24) is 15.3 Å². The highest BCUT2D eigenvalue weighted by atomic mass is 35.5. The van der Waals surface area contributed by atoms with E-state index in [0.717, 1.165) is 11.3 Å². The molecule has 1 aromatic heterocycles. The van der Waals surface area contributed by atoms with E-state index in [-0.39, 0.29) is 24.0 Å². The second kappa shape index (κ2) is 10.5. The fraction of sp³-hybridized carbons (Fsp3) is 0.240. The maximum absolute atomic E-state index is 12.8. The van der Waals surface area contributed by atoms with E-state index >= 15 is 0 Å². The third-order valence-electron chi connectivity index (χ3n) is 5.63. The van der Waals surface area contributed by atoms with E-state index in [0.29, 0.717) is 40.7 Å². The van der Waals surface area contributed by atoms with Crippen molar-refractivity contribution in [1.29, 1.82) is 10.8 Å². The number of hydrogen-bond acceptors (Lipinski definition) is 6. The molecule has 35 heavy (non-hydrogen) atoms. The van der Waals surface area contributed by atoms with Crippen LogP contribution in [0.25, 0.3) is 0 Å². The van der Waals surface area contributed by atoms with Gasteiger partial charge in [0.1, 0.15) is 23.5 Å². The monoisotopic (exact) mass is 491 g/mol. The van der Waals surface area contributed by atoms with E-state index in [2.05, 4.69) is 15.3 Å². The second-order valence-electron chi connectivity index (χ2n) is 8.05. The Hall–Kier alpha value is -3.98. The summed E-state index contributed by atoms with van der Waals surface area (Å²) in [6.45, 7) is 2.03. The molecule has 1 aliphatic rings. The predicted molar refractivity (Wildman–Crippen MR) is 137 cm³/mol. The molecule has 0 bridgehead atoms. The highest BCUT2D eigenvalue weighted by molar-refractivity contribution is 6.31. The van der Waals surface area contributed by atoms with Crippen molar-refractivity contribution in [3.8, 4) is 5.75 Å². The van der Waals surface area contributed by atoms with Crippen LogP contribution < -0.4 is 15.0 Å². The molecule has 0 fully saturated rings. The lowest BCUT2D eigenvalue weighted by Gasteiger charge is -2.26. The van der Waals surface area contributed by atoms with Gasteiger partial charge in [-0.15, -0.1) is 0 Å². The Labute approximate surface area is 208 Å². The number of H-pyrrole nitrogens is 1. The van der Waals surface area contributed by atoms with Crippen LogP contribution >= 0.6 is 11.6 Å². The Bertz CT molecular complexity index is 1270. The van der Waals surface area contributed by atoms with Gasteiger partial charge >= 0.3 is 0 Å². The number of fused-ring (bicyclic) bond motifs is 1. The molecule has 0 aliphatic carbocycles. The van der Waals surface area contributed by atoms with Crippen LogP contribution in [0.4, 0.5) is 5.69 Å². The number of amidine groups is 2. The van der Waals surface area contributed by atoms with Crippen molar-refractivity contribution in [3.05, 3.63) is 76.8 Å². The number of halogens is 1.